The van der Waals surface area contributed by atoms with E-state index < -0.39 is 10.0 Å². The van der Waals surface area contributed by atoms with E-state index in [9.17, 15) is 8.42 Å². The summed E-state index contributed by atoms with van der Waals surface area (Å²) in [5, 5.41) is 1.45. The van der Waals surface area contributed by atoms with Gasteiger partial charge in [0.2, 0.25) is 10.0 Å². The summed E-state index contributed by atoms with van der Waals surface area (Å²) < 4.78 is 27.8. The predicted molar refractivity (Wildman–Crippen MR) is 145 cm³/mol. The monoisotopic (exact) mass is 530 g/mol. The molecular formula is C28H32Cl2N2O2S. The van der Waals surface area contributed by atoms with E-state index in [0.29, 0.717) is 22.4 Å². The molecule has 1 aliphatic rings. The maximum atomic E-state index is 13.1. The van der Waals surface area contributed by atoms with E-state index in [4.69, 9.17) is 23.2 Å². The number of likely N-dealkylation sites (N-methyl/N-ethyl adjacent to an activating group) is 1. The van der Waals surface area contributed by atoms with Crippen LogP contribution < -0.4 is 0 Å². The van der Waals surface area contributed by atoms with Crippen molar-refractivity contribution in [2.45, 2.75) is 36.0 Å². The number of hydrogen-bond donors (Lipinski definition) is 0. The van der Waals surface area contributed by atoms with Crippen LogP contribution >= 0.6 is 23.2 Å². The Kier molecular flexibility index (Phi) is 8.90. The third-order valence-electron chi connectivity index (χ3n) is 6.97. The Morgan fingerprint density at radius 1 is 0.914 bits per heavy atom. The third kappa shape index (κ3) is 6.87. The second kappa shape index (κ2) is 11.9. The summed E-state index contributed by atoms with van der Waals surface area (Å²) >= 11 is 12.3. The highest BCUT2D eigenvalue weighted by molar-refractivity contribution is 7.89. The van der Waals surface area contributed by atoms with Crippen molar-refractivity contribution in [1.82, 2.24) is 9.21 Å². The summed E-state index contributed by atoms with van der Waals surface area (Å²) in [6.07, 6.45) is 3.10. The van der Waals surface area contributed by atoms with Gasteiger partial charge in [-0.1, -0.05) is 65.7 Å². The topological polar surface area (TPSA) is 40.6 Å². The summed E-state index contributed by atoms with van der Waals surface area (Å²) in [4.78, 5) is 2.81. The normalized spacial score (nSPS) is 16.5. The van der Waals surface area contributed by atoms with E-state index >= 15 is 0 Å². The minimum atomic E-state index is -3.56. The number of sulfonamides is 1. The highest BCUT2D eigenvalue weighted by atomic mass is 35.5. The molecule has 3 aromatic rings. The Labute approximate surface area is 219 Å². The van der Waals surface area contributed by atoms with Gasteiger partial charge in [-0.25, -0.2) is 12.7 Å². The van der Waals surface area contributed by atoms with Crippen LogP contribution in [-0.2, 0) is 10.0 Å². The molecule has 0 spiro atoms. The molecule has 0 bridgehead atoms. The predicted octanol–water partition coefficient (Wildman–Crippen LogP) is 6.67. The van der Waals surface area contributed by atoms with Gasteiger partial charge >= 0.3 is 0 Å². The quantitative estimate of drug-likeness (QED) is 0.310. The van der Waals surface area contributed by atoms with Crippen molar-refractivity contribution in [2.75, 3.05) is 33.2 Å². The minimum absolute atomic E-state index is 0.0474. The molecular weight excluding hydrogens is 499 g/mol. The van der Waals surface area contributed by atoms with Crippen LogP contribution in [-0.4, -0.2) is 50.8 Å². The Morgan fingerprint density at radius 2 is 1.60 bits per heavy atom. The first-order chi connectivity index (χ1) is 16.8. The largest absolute Gasteiger partial charge is 0.303 e. The van der Waals surface area contributed by atoms with E-state index in [1.54, 1.807) is 31.3 Å². The van der Waals surface area contributed by atoms with Gasteiger partial charge in [0.15, 0.2) is 0 Å². The average molecular weight is 532 g/mol. The fraction of sp³-hybridized carbons (Fsp3) is 0.357. The Morgan fingerprint density at radius 3 is 2.26 bits per heavy atom. The molecule has 7 heteroatoms. The summed E-state index contributed by atoms with van der Waals surface area (Å²) in [5.41, 5.74) is 2.43. The van der Waals surface area contributed by atoms with Gasteiger partial charge in [0, 0.05) is 23.6 Å². The molecule has 186 valence electrons. The van der Waals surface area contributed by atoms with Crippen LogP contribution in [0.25, 0.3) is 0 Å². The molecule has 0 radical (unpaired) electrons. The molecule has 3 aromatic carbocycles. The number of rotatable bonds is 9. The maximum absolute atomic E-state index is 13.1. The van der Waals surface area contributed by atoms with Crippen molar-refractivity contribution in [3.8, 4) is 0 Å². The number of hydrogen-bond acceptors (Lipinski definition) is 3. The molecule has 4 rings (SSSR count). The highest BCUT2D eigenvalue weighted by Crippen LogP contribution is 2.31. The van der Waals surface area contributed by atoms with E-state index in [1.807, 2.05) is 42.5 Å². The zero-order valence-electron chi connectivity index (χ0n) is 20.0. The number of piperidine rings is 1. The maximum Gasteiger partial charge on any atom is 0.242 e. The summed E-state index contributed by atoms with van der Waals surface area (Å²) in [6.45, 7) is 3.39. The number of likely N-dealkylation sites (tertiary alicyclic amines) is 1. The van der Waals surface area contributed by atoms with Gasteiger partial charge in [0.1, 0.15) is 0 Å². The van der Waals surface area contributed by atoms with Crippen LogP contribution in [0, 0.1) is 0 Å². The fourth-order valence-electron chi connectivity index (χ4n) is 4.87. The van der Waals surface area contributed by atoms with Crippen LogP contribution in [0.2, 0.25) is 10.0 Å². The van der Waals surface area contributed by atoms with Crippen molar-refractivity contribution in [3.05, 3.63) is 100 Å². The van der Waals surface area contributed by atoms with Crippen LogP contribution in [0.1, 0.15) is 42.2 Å². The Hall–Kier alpha value is -1.89. The first-order valence-corrected chi connectivity index (χ1v) is 14.3. The molecule has 1 saturated heterocycles. The van der Waals surface area contributed by atoms with Crippen molar-refractivity contribution in [2.24, 2.45) is 0 Å². The SMILES string of the molecule is CN(C[C@@H](CCN1CCC(c2ccc(Cl)cc2)CC1)c1cccc(Cl)c1)S(=O)(=O)c1ccccc1. The van der Waals surface area contributed by atoms with Gasteiger partial charge < -0.3 is 4.90 Å². The van der Waals surface area contributed by atoms with Crippen LogP contribution in [0.5, 0.6) is 0 Å². The molecule has 1 atom stereocenters. The summed E-state index contributed by atoms with van der Waals surface area (Å²) in [7, 11) is -1.89. The molecule has 0 aliphatic carbocycles. The second-order valence-electron chi connectivity index (χ2n) is 9.31. The lowest BCUT2D eigenvalue weighted by molar-refractivity contribution is 0.203. The van der Waals surface area contributed by atoms with Crippen molar-refractivity contribution >= 4 is 33.2 Å². The molecule has 0 unspecified atom stereocenters. The number of halogens is 2. The van der Waals surface area contributed by atoms with Crippen molar-refractivity contribution < 1.29 is 8.42 Å². The van der Waals surface area contributed by atoms with Gasteiger partial charge in [-0.3, -0.25) is 0 Å². The van der Waals surface area contributed by atoms with Gasteiger partial charge in [-0.15, -0.1) is 0 Å². The van der Waals surface area contributed by atoms with Gasteiger partial charge in [-0.05, 0) is 98.3 Å². The smallest absolute Gasteiger partial charge is 0.242 e. The molecule has 1 fully saturated rings. The Balaban J connectivity index is 1.41. The van der Waals surface area contributed by atoms with E-state index in [0.717, 1.165) is 49.5 Å². The van der Waals surface area contributed by atoms with E-state index in [1.165, 1.54) is 9.87 Å². The Bertz CT molecular complexity index is 1200. The summed E-state index contributed by atoms with van der Waals surface area (Å²) in [5.74, 6) is 0.612. The molecule has 0 saturated carbocycles. The molecule has 35 heavy (non-hydrogen) atoms. The zero-order valence-corrected chi connectivity index (χ0v) is 22.3. The lowest BCUT2D eigenvalue weighted by Crippen LogP contribution is -2.36. The molecule has 0 N–H and O–H groups in total. The fourth-order valence-corrected chi connectivity index (χ4v) is 6.43. The van der Waals surface area contributed by atoms with E-state index in [-0.39, 0.29) is 5.92 Å². The van der Waals surface area contributed by atoms with E-state index in [2.05, 4.69) is 17.0 Å². The van der Waals surface area contributed by atoms with Crippen molar-refractivity contribution in [3.63, 3.8) is 0 Å². The summed E-state index contributed by atoms with van der Waals surface area (Å²) in [6, 6.07) is 24.6. The lowest BCUT2D eigenvalue weighted by atomic mass is 9.89. The second-order valence-corrected chi connectivity index (χ2v) is 12.2. The van der Waals surface area contributed by atoms with Crippen LogP contribution in [0.4, 0.5) is 0 Å². The lowest BCUT2D eigenvalue weighted by Gasteiger charge is -2.33. The highest BCUT2D eigenvalue weighted by Gasteiger charge is 2.26. The molecule has 1 aliphatic heterocycles. The van der Waals surface area contributed by atoms with Crippen LogP contribution in [0.3, 0.4) is 0 Å². The van der Waals surface area contributed by atoms with Gasteiger partial charge in [0.25, 0.3) is 0 Å². The molecule has 0 amide bonds. The third-order valence-corrected chi connectivity index (χ3v) is 9.30. The molecule has 1 heterocycles. The van der Waals surface area contributed by atoms with Crippen molar-refractivity contribution in [1.29, 1.82) is 0 Å². The first kappa shape index (κ1) is 26.2. The number of nitrogens with zero attached hydrogens (tertiary/aromatic N) is 2. The molecule has 4 nitrogen and oxygen atoms in total. The molecule has 0 aromatic heterocycles. The average Bonchev–Trinajstić information content (AvgIpc) is 2.87. The van der Waals surface area contributed by atoms with Gasteiger partial charge in [-0.2, -0.15) is 0 Å². The first-order valence-electron chi connectivity index (χ1n) is 12.1. The van der Waals surface area contributed by atoms with Gasteiger partial charge in [0.05, 0.1) is 4.90 Å². The van der Waals surface area contributed by atoms with Crippen LogP contribution in [0.15, 0.2) is 83.8 Å². The number of benzene rings is 3. The standard InChI is InChI=1S/C28H32Cl2N2O2S/c1-31(35(33,34)28-8-3-2-4-9-28)21-25(24-6-5-7-27(30)20-24)16-19-32-17-14-23(15-18-32)22-10-12-26(29)13-11-22/h2-13,20,23,25H,14-19,21H2,1H3/t25-/m1/s1. The zero-order chi connectivity index (χ0) is 24.8. The minimum Gasteiger partial charge on any atom is -0.303 e.